The lowest BCUT2D eigenvalue weighted by Gasteiger charge is -2.17. The SMILES string of the molecule is CCNS(=O)(=O)c1ccccc1NC(CC)C(=O)O. The first-order valence-electron chi connectivity index (χ1n) is 6.00. The number of benzene rings is 1. The molecule has 106 valence electrons. The Kier molecular flexibility index (Phi) is 5.31. The van der Waals surface area contributed by atoms with Crippen molar-refractivity contribution in [2.45, 2.75) is 31.2 Å². The number of rotatable bonds is 7. The van der Waals surface area contributed by atoms with E-state index in [4.69, 9.17) is 5.11 Å². The zero-order valence-corrected chi connectivity index (χ0v) is 11.7. The molecule has 1 aromatic carbocycles. The molecule has 1 unspecified atom stereocenters. The highest BCUT2D eigenvalue weighted by Crippen LogP contribution is 2.21. The topological polar surface area (TPSA) is 95.5 Å². The summed E-state index contributed by atoms with van der Waals surface area (Å²) in [4.78, 5) is 11.0. The van der Waals surface area contributed by atoms with E-state index in [1.807, 2.05) is 0 Å². The molecule has 1 aromatic rings. The van der Waals surface area contributed by atoms with Gasteiger partial charge in [0.2, 0.25) is 10.0 Å². The summed E-state index contributed by atoms with van der Waals surface area (Å²) in [5, 5.41) is 11.7. The van der Waals surface area contributed by atoms with E-state index >= 15 is 0 Å². The number of hydrogen-bond donors (Lipinski definition) is 3. The summed E-state index contributed by atoms with van der Waals surface area (Å²) >= 11 is 0. The van der Waals surface area contributed by atoms with Crippen molar-refractivity contribution >= 4 is 21.7 Å². The molecule has 0 saturated carbocycles. The number of sulfonamides is 1. The molecule has 0 aromatic heterocycles. The van der Waals surface area contributed by atoms with Crippen LogP contribution in [0.25, 0.3) is 0 Å². The lowest BCUT2D eigenvalue weighted by molar-refractivity contribution is -0.137. The van der Waals surface area contributed by atoms with Crippen molar-refractivity contribution < 1.29 is 18.3 Å². The van der Waals surface area contributed by atoms with Gasteiger partial charge < -0.3 is 10.4 Å². The van der Waals surface area contributed by atoms with Crippen LogP contribution in [0.4, 0.5) is 5.69 Å². The first-order chi connectivity index (χ1) is 8.92. The van der Waals surface area contributed by atoms with Crippen LogP contribution in [0.2, 0.25) is 0 Å². The average Bonchev–Trinajstić information content (AvgIpc) is 2.35. The third kappa shape index (κ3) is 3.93. The molecule has 0 heterocycles. The molecule has 0 fully saturated rings. The molecule has 6 nitrogen and oxygen atoms in total. The van der Waals surface area contributed by atoms with Crippen LogP contribution in [0.3, 0.4) is 0 Å². The van der Waals surface area contributed by atoms with E-state index in [-0.39, 0.29) is 17.1 Å². The van der Waals surface area contributed by atoms with Crippen LogP contribution in [0.5, 0.6) is 0 Å². The predicted molar refractivity (Wildman–Crippen MR) is 72.6 cm³/mol. The fourth-order valence-corrected chi connectivity index (χ4v) is 2.82. The van der Waals surface area contributed by atoms with E-state index in [0.29, 0.717) is 6.42 Å². The molecule has 7 heteroatoms. The minimum absolute atomic E-state index is 0.0524. The second-order valence-electron chi connectivity index (χ2n) is 3.94. The number of nitrogens with one attached hydrogen (secondary N) is 2. The minimum atomic E-state index is -3.63. The van der Waals surface area contributed by atoms with Gasteiger partial charge in [0.15, 0.2) is 0 Å². The number of aliphatic carboxylic acids is 1. The van der Waals surface area contributed by atoms with Gasteiger partial charge in [-0.15, -0.1) is 0 Å². The van der Waals surface area contributed by atoms with Crippen molar-refractivity contribution in [3.05, 3.63) is 24.3 Å². The van der Waals surface area contributed by atoms with Crippen LogP contribution in [0.1, 0.15) is 20.3 Å². The van der Waals surface area contributed by atoms with Gasteiger partial charge in [0.1, 0.15) is 10.9 Å². The van der Waals surface area contributed by atoms with Gasteiger partial charge >= 0.3 is 5.97 Å². The van der Waals surface area contributed by atoms with Gasteiger partial charge in [-0.25, -0.2) is 17.9 Å². The number of carboxylic acid groups (broad SMARTS) is 1. The first kappa shape index (κ1) is 15.5. The Bertz CT molecular complexity index is 542. The number of carboxylic acids is 1. The second-order valence-corrected chi connectivity index (χ2v) is 5.68. The van der Waals surface area contributed by atoms with Crippen LogP contribution < -0.4 is 10.0 Å². The van der Waals surface area contributed by atoms with E-state index in [1.165, 1.54) is 6.07 Å². The van der Waals surface area contributed by atoms with Crippen molar-refractivity contribution in [3.63, 3.8) is 0 Å². The fraction of sp³-hybridized carbons (Fsp3) is 0.417. The van der Waals surface area contributed by atoms with Gasteiger partial charge in [-0.2, -0.15) is 0 Å². The standard InChI is InChI=1S/C12H18N2O4S/c1-3-9(12(15)16)14-10-7-5-6-8-11(10)19(17,18)13-4-2/h5-9,13-14H,3-4H2,1-2H3,(H,15,16). The lowest BCUT2D eigenvalue weighted by atomic mass is 10.2. The third-order valence-electron chi connectivity index (χ3n) is 2.55. The van der Waals surface area contributed by atoms with Crippen LogP contribution in [0, 0.1) is 0 Å². The van der Waals surface area contributed by atoms with Crippen molar-refractivity contribution in [1.29, 1.82) is 0 Å². The molecule has 0 amide bonds. The average molecular weight is 286 g/mol. The second kappa shape index (κ2) is 6.53. The van der Waals surface area contributed by atoms with Crippen molar-refractivity contribution in [1.82, 2.24) is 4.72 Å². The maximum absolute atomic E-state index is 12.0. The maximum atomic E-state index is 12.0. The van der Waals surface area contributed by atoms with Crippen LogP contribution in [0.15, 0.2) is 29.2 Å². The highest BCUT2D eigenvalue weighted by molar-refractivity contribution is 7.89. The molecule has 0 saturated heterocycles. The summed E-state index contributed by atoms with van der Waals surface area (Å²) in [7, 11) is -3.63. The van der Waals surface area contributed by atoms with E-state index in [9.17, 15) is 13.2 Å². The molecular formula is C12H18N2O4S. The number of para-hydroxylation sites is 1. The largest absolute Gasteiger partial charge is 0.480 e. The lowest BCUT2D eigenvalue weighted by Crippen LogP contribution is -2.30. The summed E-state index contributed by atoms with van der Waals surface area (Å²) < 4.78 is 26.4. The molecule has 0 aliphatic heterocycles. The smallest absolute Gasteiger partial charge is 0.326 e. The number of anilines is 1. The quantitative estimate of drug-likeness (QED) is 0.701. The Balaban J connectivity index is 3.13. The molecule has 0 radical (unpaired) electrons. The minimum Gasteiger partial charge on any atom is -0.480 e. The molecule has 0 aliphatic carbocycles. The van der Waals surface area contributed by atoms with Crippen molar-refractivity contribution in [2.24, 2.45) is 0 Å². The fourth-order valence-electron chi connectivity index (χ4n) is 1.61. The van der Waals surface area contributed by atoms with Gasteiger partial charge in [-0.3, -0.25) is 0 Å². The molecular weight excluding hydrogens is 268 g/mol. The van der Waals surface area contributed by atoms with Gasteiger partial charge in [0.05, 0.1) is 5.69 Å². The van der Waals surface area contributed by atoms with Gasteiger partial charge in [0.25, 0.3) is 0 Å². The Hall–Kier alpha value is -1.60. The van der Waals surface area contributed by atoms with Gasteiger partial charge in [-0.1, -0.05) is 26.0 Å². The molecule has 19 heavy (non-hydrogen) atoms. The Morgan fingerprint density at radius 3 is 2.47 bits per heavy atom. The molecule has 0 bridgehead atoms. The highest BCUT2D eigenvalue weighted by atomic mass is 32.2. The predicted octanol–water partition coefficient (Wildman–Crippen LogP) is 1.26. The van der Waals surface area contributed by atoms with E-state index in [0.717, 1.165) is 0 Å². The van der Waals surface area contributed by atoms with Crippen LogP contribution in [-0.4, -0.2) is 32.1 Å². The van der Waals surface area contributed by atoms with Crippen LogP contribution >= 0.6 is 0 Å². The van der Waals surface area contributed by atoms with E-state index in [2.05, 4.69) is 10.0 Å². The molecule has 1 atom stereocenters. The van der Waals surface area contributed by atoms with E-state index < -0.39 is 22.0 Å². The zero-order chi connectivity index (χ0) is 14.5. The number of hydrogen-bond acceptors (Lipinski definition) is 4. The monoisotopic (exact) mass is 286 g/mol. The van der Waals surface area contributed by atoms with Gasteiger partial charge in [-0.05, 0) is 18.6 Å². The summed E-state index contributed by atoms with van der Waals surface area (Å²) in [5.74, 6) is -1.02. The maximum Gasteiger partial charge on any atom is 0.326 e. The summed E-state index contributed by atoms with van der Waals surface area (Å²) in [5.41, 5.74) is 0.290. The summed E-state index contributed by atoms with van der Waals surface area (Å²) in [6, 6.07) is 5.42. The molecule has 1 rings (SSSR count). The molecule has 0 aliphatic rings. The highest BCUT2D eigenvalue weighted by Gasteiger charge is 2.21. The van der Waals surface area contributed by atoms with E-state index in [1.54, 1.807) is 32.0 Å². The number of carbonyl (C=O) groups is 1. The Morgan fingerprint density at radius 1 is 1.32 bits per heavy atom. The first-order valence-corrected chi connectivity index (χ1v) is 7.48. The molecule has 0 spiro atoms. The zero-order valence-electron chi connectivity index (χ0n) is 10.9. The third-order valence-corrected chi connectivity index (χ3v) is 4.15. The van der Waals surface area contributed by atoms with Crippen molar-refractivity contribution in [2.75, 3.05) is 11.9 Å². The van der Waals surface area contributed by atoms with Crippen molar-refractivity contribution in [3.8, 4) is 0 Å². The molecule has 3 N–H and O–H groups in total. The Labute approximate surface area is 112 Å². The van der Waals surface area contributed by atoms with Crippen LogP contribution in [-0.2, 0) is 14.8 Å². The summed E-state index contributed by atoms with van der Waals surface area (Å²) in [6.07, 6.45) is 0.352. The summed E-state index contributed by atoms with van der Waals surface area (Å²) in [6.45, 7) is 3.67. The normalized spacial score (nSPS) is 12.9. The van der Waals surface area contributed by atoms with Gasteiger partial charge in [0, 0.05) is 6.54 Å². The Morgan fingerprint density at radius 2 is 1.95 bits per heavy atom.